The van der Waals surface area contributed by atoms with Crippen molar-refractivity contribution in [1.29, 1.82) is 0 Å². The van der Waals surface area contributed by atoms with E-state index >= 15 is 0 Å². The van der Waals surface area contributed by atoms with E-state index in [-0.39, 0.29) is 23.7 Å². The van der Waals surface area contributed by atoms with Gasteiger partial charge in [-0.25, -0.2) is 4.79 Å². The van der Waals surface area contributed by atoms with Crippen LogP contribution in [-0.2, 0) is 4.74 Å². The van der Waals surface area contributed by atoms with E-state index in [0.717, 1.165) is 5.56 Å². The minimum Gasteiger partial charge on any atom is -0.508 e. The van der Waals surface area contributed by atoms with Crippen LogP contribution in [0.25, 0.3) is 0 Å². The highest BCUT2D eigenvalue weighted by atomic mass is 16.5. The first kappa shape index (κ1) is 15.1. The number of aromatic hydroxyl groups is 1. The summed E-state index contributed by atoms with van der Waals surface area (Å²) in [6.45, 7) is 0.445. The number of carbonyl (C=O) groups is 2. The van der Waals surface area contributed by atoms with Gasteiger partial charge in [0.15, 0.2) is 0 Å². The van der Waals surface area contributed by atoms with Crippen molar-refractivity contribution in [3.05, 3.63) is 65.2 Å². The maximum absolute atomic E-state index is 12.3. The molecule has 2 aromatic carbocycles. The van der Waals surface area contributed by atoms with Gasteiger partial charge in [-0.3, -0.25) is 4.79 Å². The molecule has 0 bridgehead atoms. The average Bonchev–Trinajstić information content (AvgIpc) is 2.88. The Morgan fingerprint density at radius 2 is 2.00 bits per heavy atom. The molecule has 3 rings (SSSR count). The Morgan fingerprint density at radius 3 is 2.78 bits per heavy atom. The van der Waals surface area contributed by atoms with Crippen LogP contribution >= 0.6 is 0 Å². The van der Waals surface area contributed by atoms with Crippen LogP contribution in [0.3, 0.4) is 0 Å². The van der Waals surface area contributed by atoms with E-state index in [1.165, 1.54) is 12.1 Å². The molecular formula is C18H17NO4. The van der Waals surface area contributed by atoms with Gasteiger partial charge in [-0.1, -0.05) is 24.3 Å². The minimum atomic E-state index is -0.321. The van der Waals surface area contributed by atoms with Crippen molar-refractivity contribution in [2.24, 2.45) is 0 Å². The summed E-state index contributed by atoms with van der Waals surface area (Å²) < 4.78 is 5.37. The number of hydrogen-bond acceptors (Lipinski definition) is 4. The first-order valence-electron chi connectivity index (χ1n) is 7.40. The molecule has 1 unspecified atom stereocenters. The molecule has 2 aromatic rings. The largest absolute Gasteiger partial charge is 0.508 e. The van der Waals surface area contributed by atoms with Crippen LogP contribution in [0.1, 0.15) is 38.8 Å². The number of ether oxygens (including phenoxy) is 1. The van der Waals surface area contributed by atoms with Crippen LogP contribution in [0.4, 0.5) is 0 Å². The molecule has 1 atom stereocenters. The minimum absolute atomic E-state index is 0.0582. The summed E-state index contributed by atoms with van der Waals surface area (Å²) in [6, 6.07) is 13.5. The molecule has 0 saturated heterocycles. The zero-order valence-corrected chi connectivity index (χ0v) is 12.7. The van der Waals surface area contributed by atoms with Gasteiger partial charge < -0.3 is 14.7 Å². The van der Waals surface area contributed by atoms with Gasteiger partial charge in [0.1, 0.15) is 11.9 Å². The van der Waals surface area contributed by atoms with Gasteiger partial charge >= 0.3 is 5.97 Å². The molecule has 1 heterocycles. The van der Waals surface area contributed by atoms with Crippen LogP contribution in [0.15, 0.2) is 48.5 Å². The lowest BCUT2D eigenvalue weighted by atomic mass is 10.0. The van der Waals surface area contributed by atoms with E-state index < -0.39 is 0 Å². The number of esters is 1. The molecule has 1 N–H and O–H groups in total. The van der Waals surface area contributed by atoms with Crippen LogP contribution in [-0.4, -0.2) is 35.5 Å². The summed E-state index contributed by atoms with van der Waals surface area (Å²) >= 11 is 0. The molecule has 1 amide bonds. The van der Waals surface area contributed by atoms with Crippen LogP contribution in [0.2, 0.25) is 0 Å². The average molecular weight is 311 g/mol. The van der Waals surface area contributed by atoms with Crippen molar-refractivity contribution in [3.63, 3.8) is 0 Å². The second-order valence-corrected chi connectivity index (χ2v) is 5.55. The smallest absolute Gasteiger partial charge is 0.339 e. The van der Waals surface area contributed by atoms with Gasteiger partial charge in [0, 0.05) is 31.1 Å². The molecule has 5 heteroatoms. The highest BCUT2D eigenvalue weighted by molar-refractivity contribution is 5.95. The number of nitrogens with zero attached hydrogens (tertiary/aromatic N) is 1. The number of hydrogen-bond donors (Lipinski definition) is 1. The standard InChI is InChI=1S/C18H17NO4/c1-19(17(21)12-5-4-6-13(20)11-12)10-9-16-14-7-2-3-8-15(14)18(22)23-16/h2-8,11,16,20H,9-10H2,1H3. The third-order valence-corrected chi connectivity index (χ3v) is 3.94. The topological polar surface area (TPSA) is 66.8 Å². The molecule has 0 fully saturated rings. The molecule has 118 valence electrons. The number of benzene rings is 2. The molecule has 0 radical (unpaired) electrons. The highest BCUT2D eigenvalue weighted by Gasteiger charge is 2.30. The van der Waals surface area contributed by atoms with Crippen LogP contribution in [0.5, 0.6) is 5.75 Å². The SMILES string of the molecule is CN(CCC1OC(=O)c2ccccc21)C(=O)c1cccc(O)c1. The Balaban J connectivity index is 1.65. The normalized spacial score (nSPS) is 15.9. The summed E-state index contributed by atoms with van der Waals surface area (Å²) in [7, 11) is 1.69. The van der Waals surface area contributed by atoms with Crippen LogP contribution in [0, 0.1) is 0 Å². The van der Waals surface area contributed by atoms with Crippen molar-refractivity contribution in [1.82, 2.24) is 4.90 Å². The number of phenols is 1. The lowest BCUT2D eigenvalue weighted by Gasteiger charge is -2.19. The molecule has 0 saturated carbocycles. The lowest BCUT2D eigenvalue weighted by Crippen LogP contribution is -2.28. The predicted octanol–water partition coefficient (Wildman–Crippen LogP) is 2.77. The third kappa shape index (κ3) is 3.04. The monoisotopic (exact) mass is 311 g/mol. The summed E-state index contributed by atoms with van der Waals surface area (Å²) in [5.74, 6) is -0.436. The molecule has 23 heavy (non-hydrogen) atoms. The van der Waals surface area contributed by atoms with Gasteiger partial charge in [-0.15, -0.1) is 0 Å². The third-order valence-electron chi connectivity index (χ3n) is 3.94. The second kappa shape index (κ2) is 6.12. The van der Waals surface area contributed by atoms with E-state index in [2.05, 4.69) is 0 Å². The number of rotatable bonds is 4. The molecule has 0 spiro atoms. The Kier molecular flexibility index (Phi) is 4.02. The number of phenolic OH excluding ortho intramolecular Hbond substituents is 1. The van der Waals surface area contributed by atoms with Gasteiger partial charge in [0.05, 0.1) is 5.56 Å². The lowest BCUT2D eigenvalue weighted by molar-refractivity contribution is 0.0349. The first-order valence-corrected chi connectivity index (χ1v) is 7.40. The zero-order valence-electron chi connectivity index (χ0n) is 12.7. The van der Waals surface area contributed by atoms with E-state index in [0.29, 0.717) is 24.1 Å². The molecule has 0 aromatic heterocycles. The molecule has 1 aliphatic heterocycles. The summed E-state index contributed by atoms with van der Waals surface area (Å²) in [6.07, 6.45) is 0.210. The Labute approximate surface area is 134 Å². The predicted molar refractivity (Wildman–Crippen MR) is 84.3 cm³/mol. The van der Waals surface area contributed by atoms with E-state index in [1.807, 2.05) is 12.1 Å². The van der Waals surface area contributed by atoms with E-state index in [4.69, 9.17) is 4.74 Å². The van der Waals surface area contributed by atoms with E-state index in [9.17, 15) is 14.7 Å². The maximum Gasteiger partial charge on any atom is 0.339 e. The highest BCUT2D eigenvalue weighted by Crippen LogP contribution is 2.32. The Hall–Kier alpha value is -2.82. The van der Waals surface area contributed by atoms with Crippen molar-refractivity contribution in [2.45, 2.75) is 12.5 Å². The summed E-state index contributed by atoms with van der Waals surface area (Å²) in [5.41, 5.74) is 1.89. The van der Waals surface area contributed by atoms with Crippen molar-refractivity contribution < 1.29 is 19.4 Å². The zero-order chi connectivity index (χ0) is 16.4. The fourth-order valence-corrected chi connectivity index (χ4v) is 2.71. The van der Waals surface area contributed by atoms with E-state index in [1.54, 1.807) is 36.2 Å². The molecule has 1 aliphatic rings. The van der Waals surface area contributed by atoms with Gasteiger partial charge in [0.25, 0.3) is 5.91 Å². The van der Waals surface area contributed by atoms with Crippen molar-refractivity contribution in [3.8, 4) is 5.75 Å². The number of amides is 1. The fourth-order valence-electron chi connectivity index (χ4n) is 2.71. The maximum atomic E-state index is 12.3. The van der Waals surface area contributed by atoms with Gasteiger partial charge in [0.2, 0.25) is 0 Å². The fraction of sp³-hybridized carbons (Fsp3) is 0.222. The quantitative estimate of drug-likeness (QED) is 0.882. The number of cyclic esters (lactones) is 1. The van der Waals surface area contributed by atoms with Crippen LogP contribution < -0.4 is 0 Å². The summed E-state index contributed by atoms with van der Waals surface area (Å²) in [5, 5.41) is 9.46. The second-order valence-electron chi connectivity index (χ2n) is 5.55. The van der Waals surface area contributed by atoms with Crippen molar-refractivity contribution in [2.75, 3.05) is 13.6 Å². The Bertz CT molecular complexity index is 756. The van der Waals surface area contributed by atoms with Crippen molar-refractivity contribution >= 4 is 11.9 Å². The van der Waals surface area contributed by atoms with Gasteiger partial charge in [-0.2, -0.15) is 0 Å². The molecule has 5 nitrogen and oxygen atoms in total. The molecule has 0 aliphatic carbocycles. The van der Waals surface area contributed by atoms with Gasteiger partial charge in [-0.05, 0) is 24.3 Å². The number of carbonyl (C=O) groups excluding carboxylic acids is 2. The summed E-state index contributed by atoms with van der Waals surface area (Å²) in [4.78, 5) is 25.7. The first-order chi connectivity index (χ1) is 11.1. The molecular weight excluding hydrogens is 294 g/mol. The number of fused-ring (bicyclic) bond motifs is 1. The Morgan fingerprint density at radius 1 is 1.22 bits per heavy atom.